The van der Waals surface area contributed by atoms with Crippen molar-refractivity contribution >= 4 is 27.5 Å². The Morgan fingerprint density at radius 2 is 1.59 bits per heavy atom. The number of sulfonamides is 1. The van der Waals surface area contributed by atoms with Crippen LogP contribution in [-0.4, -0.2) is 50.0 Å². The molecule has 0 fully saturated rings. The number of hydrogen-bond donors (Lipinski definition) is 1. The molecule has 0 aliphatic rings. The van der Waals surface area contributed by atoms with E-state index >= 15 is 0 Å². The minimum Gasteiger partial charge on any atom is -0.352 e. The van der Waals surface area contributed by atoms with Crippen molar-refractivity contribution in [2.45, 2.75) is 53.2 Å². The zero-order chi connectivity index (χ0) is 24.1. The summed E-state index contributed by atoms with van der Waals surface area (Å²) in [6, 6.07) is 13.7. The standard InChI is InChI=1S/C24H33N3O4S/c1-17(2)25-24(29)20(5)26(15-21-9-7-8-19(4)14-21)23(28)16-27(32(6,30)31)22-12-10-18(3)11-13-22/h7-14,17,20H,15-16H2,1-6H3,(H,25,29)/t20-/m1/s1. The van der Waals surface area contributed by atoms with E-state index in [1.54, 1.807) is 31.2 Å². The van der Waals surface area contributed by atoms with Crippen molar-refractivity contribution in [3.63, 3.8) is 0 Å². The van der Waals surface area contributed by atoms with Gasteiger partial charge in [-0.25, -0.2) is 8.42 Å². The van der Waals surface area contributed by atoms with Gasteiger partial charge in [0.1, 0.15) is 12.6 Å². The lowest BCUT2D eigenvalue weighted by Crippen LogP contribution is -2.52. The molecular weight excluding hydrogens is 426 g/mol. The fourth-order valence-electron chi connectivity index (χ4n) is 3.32. The lowest BCUT2D eigenvalue weighted by molar-refractivity contribution is -0.139. The van der Waals surface area contributed by atoms with Crippen molar-refractivity contribution in [2.24, 2.45) is 0 Å². The fraction of sp³-hybridized carbons (Fsp3) is 0.417. The van der Waals surface area contributed by atoms with E-state index in [2.05, 4.69) is 5.32 Å². The third-order valence-electron chi connectivity index (χ3n) is 5.03. The molecule has 0 bridgehead atoms. The van der Waals surface area contributed by atoms with E-state index in [9.17, 15) is 18.0 Å². The second-order valence-corrected chi connectivity index (χ2v) is 10.4. The molecule has 2 aromatic carbocycles. The molecular formula is C24H33N3O4S. The Hall–Kier alpha value is -2.87. The number of nitrogens with one attached hydrogen (secondary N) is 1. The molecule has 0 aliphatic carbocycles. The van der Waals surface area contributed by atoms with Gasteiger partial charge in [-0.3, -0.25) is 13.9 Å². The summed E-state index contributed by atoms with van der Waals surface area (Å²) in [5, 5.41) is 2.83. The van der Waals surface area contributed by atoms with E-state index < -0.39 is 28.5 Å². The van der Waals surface area contributed by atoms with Gasteiger partial charge in [-0.1, -0.05) is 47.5 Å². The molecule has 0 spiro atoms. The lowest BCUT2D eigenvalue weighted by Gasteiger charge is -2.32. The van der Waals surface area contributed by atoms with Gasteiger partial charge in [-0.2, -0.15) is 0 Å². The number of benzene rings is 2. The molecule has 0 radical (unpaired) electrons. The first-order valence-corrected chi connectivity index (χ1v) is 12.4. The van der Waals surface area contributed by atoms with Gasteiger partial charge in [0, 0.05) is 12.6 Å². The number of amides is 2. The SMILES string of the molecule is Cc1ccc(N(CC(=O)N(Cc2cccc(C)c2)[C@H](C)C(=O)NC(C)C)S(C)(=O)=O)cc1. The Morgan fingerprint density at radius 3 is 2.12 bits per heavy atom. The summed E-state index contributed by atoms with van der Waals surface area (Å²) in [6.07, 6.45) is 1.07. The topological polar surface area (TPSA) is 86.8 Å². The average molecular weight is 460 g/mol. The van der Waals surface area contributed by atoms with E-state index in [4.69, 9.17) is 0 Å². The average Bonchev–Trinajstić information content (AvgIpc) is 2.69. The number of rotatable bonds is 9. The Labute approximate surface area is 191 Å². The Morgan fingerprint density at radius 1 is 0.969 bits per heavy atom. The first-order valence-electron chi connectivity index (χ1n) is 10.6. The van der Waals surface area contributed by atoms with Crippen LogP contribution in [0.4, 0.5) is 5.69 Å². The van der Waals surface area contributed by atoms with Crippen molar-refractivity contribution in [2.75, 3.05) is 17.1 Å². The van der Waals surface area contributed by atoms with E-state index in [0.717, 1.165) is 27.3 Å². The smallest absolute Gasteiger partial charge is 0.244 e. The fourth-order valence-corrected chi connectivity index (χ4v) is 4.17. The highest BCUT2D eigenvalue weighted by Gasteiger charge is 2.30. The van der Waals surface area contributed by atoms with Gasteiger partial charge in [-0.05, 0) is 52.3 Å². The van der Waals surface area contributed by atoms with Gasteiger partial charge in [0.2, 0.25) is 21.8 Å². The van der Waals surface area contributed by atoms with Crippen molar-refractivity contribution in [1.29, 1.82) is 0 Å². The highest BCUT2D eigenvalue weighted by Crippen LogP contribution is 2.20. The number of aryl methyl sites for hydroxylation is 2. The maximum Gasteiger partial charge on any atom is 0.244 e. The van der Waals surface area contributed by atoms with Crippen LogP contribution in [0.3, 0.4) is 0 Å². The second kappa shape index (κ2) is 10.6. The number of nitrogens with zero attached hydrogens (tertiary/aromatic N) is 2. The maximum absolute atomic E-state index is 13.4. The van der Waals surface area contributed by atoms with Crippen LogP contribution in [0.5, 0.6) is 0 Å². The van der Waals surface area contributed by atoms with E-state index in [0.29, 0.717) is 5.69 Å². The van der Waals surface area contributed by atoms with Crippen molar-refractivity contribution in [3.8, 4) is 0 Å². The van der Waals surface area contributed by atoms with Gasteiger partial charge >= 0.3 is 0 Å². The van der Waals surface area contributed by atoms with Gasteiger partial charge in [0.05, 0.1) is 11.9 Å². The van der Waals surface area contributed by atoms with E-state index in [1.165, 1.54) is 4.90 Å². The van der Waals surface area contributed by atoms with Crippen LogP contribution in [0.2, 0.25) is 0 Å². The monoisotopic (exact) mass is 459 g/mol. The summed E-state index contributed by atoms with van der Waals surface area (Å²) in [7, 11) is -3.72. The minimum atomic E-state index is -3.72. The van der Waals surface area contributed by atoms with Crippen molar-refractivity contribution < 1.29 is 18.0 Å². The Balaban J connectivity index is 2.38. The van der Waals surface area contributed by atoms with Gasteiger partial charge in [0.25, 0.3) is 0 Å². The summed E-state index contributed by atoms with van der Waals surface area (Å²) in [6.45, 7) is 9.00. The Bertz CT molecular complexity index is 1050. The van der Waals surface area contributed by atoms with Crippen LogP contribution in [-0.2, 0) is 26.2 Å². The van der Waals surface area contributed by atoms with Crippen LogP contribution in [0.15, 0.2) is 48.5 Å². The molecule has 2 rings (SSSR count). The van der Waals surface area contributed by atoms with Gasteiger partial charge in [-0.15, -0.1) is 0 Å². The molecule has 0 aromatic heterocycles. The quantitative estimate of drug-likeness (QED) is 0.625. The molecule has 0 unspecified atom stereocenters. The molecule has 2 aromatic rings. The highest BCUT2D eigenvalue weighted by molar-refractivity contribution is 7.92. The molecule has 2 amide bonds. The highest BCUT2D eigenvalue weighted by atomic mass is 32.2. The zero-order valence-corrected chi connectivity index (χ0v) is 20.4. The van der Waals surface area contributed by atoms with Crippen LogP contribution in [0.1, 0.15) is 37.5 Å². The Kier molecular flexibility index (Phi) is 8.44. The molecule has 0 aliphatic heterocycles. The van der Waals surface area contributed by atoms with E-state index in [1.807, 2.05) is 52.0 Å². The number of anilines is 1. The number of hydrogen-bond acceptors (Lipinski definition) is 4. The van der Waals surface area contributed by atoms with Crippen LogP contribution < -0.4 is 9.62 Å². The normalized spacial score (nSPS) is 12.3. The number of carbonyl (C=O) groups excluding carboxylic acids is 2. The maximum atomic E-state index is 13.4. The van der Waals surface area contributed by atoms with Crippen LogP contribution >= 0.6 is 0 Å². The molecule has 0 heterocycles. The third kappa shape index (κ3) is 7.09. The first-order chi connectivity index (χ1) is 14.9. The largest absolute Gasteiger partial charge is 0.352 e. The van der Waals surface area contributed by atoms with Crippen LogP contribution in [0.25, 0.3) is 0 Å². The summed E-state index contributed by atoms with van der Waals surface area (Å²) in [4.78, 5) is 27.5. The molecule has 32 heavy (non-hydrogen) atoms. The molecule has 8 heteroatoms. The molecule has 7 nitrogen and oxygen atoms in total. The van der Waals surface area contributed by atoms with Gasteiger partial charge < -0.3 is 10.2 Å². The summed E-state index contributed by atoms with van der Waals surface area (Å²) in [5.74, 6) is -0.744. The summed E-state index contributed by atoms with van der Waals surface area (Å²) < 4.78 is 26.1. The number of carbonyl (C=O) groups is 2. The molecule has 0 saturated carbocycles. The molecule has 0 saturated heterocycles. The predicted molar refractivity (Wildman–Crippen MR) is 128 cm³/mol. The summed E-state index contributed by atoms with van der Waals surface area (Å²) in [5.41, 5.74) is 3.28. The lowest BCUT2D eigenvalue weighted by atomic mass is 10.1. The van der Waals surface area contributed by atoms with Crippen LogP contribution in [0, 0.1) is 13.8 Å². The van der Waals surface area contributed by atoms with Crippen molar-refractivity contribution in [1.82, 2.24) is 10.2 Å². The first kappa shape index (κ1) is 25.4. The van der Waals surface area contributed by atoms with E-state index in [-0.39, 0.29) is 18.5 Å². The van der Waals surface area contributed by atoms with Crippen molar-refractivity contribution in [3.05, 3.63) is 65.2 Å². The third-order valence-corrected chi connectivity index (χ3v) is 6.18. The van der Waals surface area contributed by atoms with Gasteiger partial charge in [0.15, 0.2) is 0 Å². The predicted octanol–water partition coefficient (Wildman–Crippen LogP) is 3.01. The minimum absolute atomic E-state index is 0.0825. The second-order valence-electron chi connectivity index (χ2n) is 8.46. The molecule has 1 N–H and O–H groups in total. The molecule has 1 atom stereocenters. The molecule has 174 valence electrons. The summed E-state index contributed by atoms with van der Waals surface area (Å²) >= 11 is 0. The zero-order valence-electron chi connectivity index (χ0n) is 19.6.